The van der Waals surface area contributed by atoms with Gasteiger partial charge in [-0.3, -0.25) is 0 Å². The monoisotopic (exact) mass is 213 g/mol. The molecule has 0 aromatic carbocycles. The van der Waals surface area contributed by atoms with Crippen molar-refractivity contribution in [1.82, 2.24) is 0 Å². The summed E-state index contributed by atoms with van der Waals surface area (Å²) in [7, 11) is 0. The zero-order valence-electron chi connectivity index (χ0n) is 10.2. The van der Waals surface area contributed by atoms with Gasteiger partial charge < -0.3 is 10.5 Å². The van der Waals surface area contributed by atoms with E-state index < -0.39 is 11.7 Å². The molecule has 0 heterocycles. The number of amides is 1. The topological polar surface area (TPSA) is 52.3 Å². The minimum atomic E-state index is -0.725. The highest BCUT2D eigenvalue weighted by molar-refractivity contribution is 5.65. The van der Waals surface area contributed by atoms with Crippen molar-refractivity contribution in [1.29, 1.82) is 0 Å². The maximum Gasteiger partial charge on any atom is 0.405 e. The molecule has 0 aromatic rings. The molecule has 15 heavy (non-hydrogen) atoms. The van der Waals surface area contributed by atoms with Crippen LogP contribution in [0.5, 0.6) is 0 Å². The molecule has 3 heteroatoms. The summed E-state index contributed by atoms with van der Waals surface area (Å²) >= 11 is 0. The molecule has 2 N–H and O–H groups in total. The van der Waals surface area contributed by atoms with Crippen molar-refractivity contribution in [2.24, 2.45) is 5.73 Å². The molecule has 0 atom stereocenters. The largest absolute Gasteiger partial charge is 0.444 e. The molecule has 0 aromatic heterocycles. The van der Waals surface area contributed by atoms with Crippen LogP contribution in [-0.2, 0) is 4.74 Å². The van der Waals surface area contributed by atoms with Gasteiger partial charge in [-0.2, -0.15) is 0 Å². The first-order valence-electron chi connectivity index (χ1n) is 5.07. The lowest BCUT2D eigenvalue weighted by Crippen LogP contribution is -2.27. The molecule has 1 amide bonds. The minimum absolute atomic E-state index is 0.453. The first kappa shape index (κ1) is 16.2. The van der Waals surface area contributed by atoms with Crippen molar-refractivity contribution in [3.8, 4) is 0 Å². The number of ether oxygens (including phenoxy) is 1. The Hall–Kier alpha value is -1.25. The summed E-state index contributed by atoms with van der Waals surface area (Å²) in [5.74, 6) is 0. The Kier molecular flexibility index (Phi) is 10.0. The van der Waals surface area contributed by atoms with E-state index in [4.69, 9.17) is 5.73 Å². The Bertz CT molecular complexity index is 202. The summed E-state index contributed by atoms with van der Waals surface area (Å²) in [6.45, 7) is 11.0. The fourth-order valence-electron chi connectivity index (χ4n) is 0.661. The van der Waals surface area contributed by atoms with Gasteiger partial charge in [0.15, 0.2) is 0 Å². The number of carbonyl (C=O) groups excluding carboxylic acids is 1. The predicted molar refractivity (Wildman–Crippen MR) is 64.7 cm³/mol. The molecule has 0 aliphatic heterocycles. The van der Waals surface area contributed by atoms with Crippen LogP contribution in [-0.4, -0.2) is 11.7 Å². The highest BCUT2D eigenvalue weighted by Crippen LogP contribution is 2.04. The fraction of sp³-hybridized carbons (Fsp3) is 0.583. The molecular weight excluding hydrogens is 190 g/mol. The average Bonchev–Trinajstić information content (AvgIpc) is 2.01. The van der Waals surface area contributed by atoms with Crippen LogP contribution >= 0.6 is 0 Å². The first-order valence-corrected chi connectivity index (χ1v) is 5.07. The van der Waals surface area contributed by atoms with Gasteiger partial charge in [0.2, 0.25) is 0 Å². The number of hydrogen-bond acceptors (Lipinski definition) is 2. The van der Waals surface area contributed by atoms with E-state index in [1.807, 2.05) is 6.08 Å². The SMILES string of the molecule is C=CCC=CCC.CC(C)(C)OC(N)=O. The van der Waals surface area contributed by atoms with Gasteiger partial charge in [0.1, 0.15) is 5.60 Å². The van der Waals surface area contributed by atoms with Crippen molar-refractivity contribution in [3.63, 3.8) is 0 Å². The number of primary amides is 1. The summed E-state index contributed by atoms with van der Waals surface area (Å²) in [5, 5.41) is 0. The molecule has 3 nitrogen and oxygen atoms in total. The summed E-state index contributed by atoms with van der Waals surface area (Å²) in [6.07, 6.45) is 7.57. The van der Waals surface area contributed by atoms with Crippen molar-refractivity contribution in [2.75, 3.05) is 0 Å². The maximum absolute atomic E-state index is 10.0. The van der Waals surface area contributed by atoms with E-state index in [2.05, 4.69) is 30.4 Å². The molecule has 0 unspecified atom stereocenters. The zero-order chi connectivity index (χ0) is 12.3. The summed E-state index contributed by atoms with van der Waals surface area (Å²) in [4.78, 5) is 10.0. The molecular formula is C12H23NO2. The Morgan fingerprint density at radius 2 is 1.93 bits per heavy atom. The summed E-state index contributed by atoms with van der Waals surface area (Å²) in [5.41, 5.74) is 4.26. The average molecular weight is 213 g/mol. The molecule has 0 spiro atoms. The molecule has 0 bridgehead atoms. The van der Waals surface area contributed by atoms with Crippen molar-refractivity contribution in [2.45, 2.75) is 46.1 Å². The van der Waals surface area contributed by atoms with Gasteiger partial charge in [-0.1, -0.05) is 25.2 Å². The molecule has 0 saturated heterocycles. The van der Waals surface area contributed by atoms with E-state index in [1.165, 1.54) is 0 Å². The van der Waals surface area contributed by atoms with E-state index in [0.29, 0.717) is 0 Å². The lowest BCUT2D eigenvalue weighted by molar-refractivity contribution is 0.0600. The first-order chi connectivity index (χ1) is 6.83. The normalized spacial score (nSPS) is 10.4. The van der Waals surface area contributed by atoms with E-state index in [1.54, 1.807) is 20.8 Å². The number of nitrogens with two attached hydrogens (primary N) is 1. The second-order valence-electron chi connectivity index (χ2n) is 3.94. The Balaban J connectivity index is 0. The van der Waals surface area contributed by atoms with Gasteiger partial charge >= 0.3 is 6.09 Å². The number of hydrogen-bond donors (Lipinski definition) is 1. The van der Waals surface area contributed by atoms with Gasteiger partial charge in [-0.05, 0) is 33.6 Å². The lowest BCUT2D eigenvalue weighted by Gasteiger charge is -2.16. The maximum atomic E-state index is 10.0. The van der Waals surface area contributed by atoms with Crippen molar-refractivity contribution in [3.05, 3.63) is 24.8 Å². The fourth-order valence-corrected chi connectivity index (χ4v) is 0.661. The third-order valence-corrected chi connectivity index (χ3v) is 1.11. The third-order valence-electron chi connectivity index (χ3n) is 1.11. The second-order valence-corrected chi connectivity index (χ2v) is 3.94. The molecule has 0 radical (unpaired) electrons. The minimum Gasteiger partial charge on any atom is -0.444 e. The van der Waals surface area contributed by atoms with Gasteiger partial charge in [-0.25, -0.2) is 4.79 Å². The van der Waals surface area contributed by atoms with Crippen molar-refractivity contribution < 1.29 is 9.53 Å². The van der Waals surface area contributed by atoms with Crippen molar-refractivity contribution >= 4 is 6.09 Å². The molecule has 0 rings (SSSR count). The number of allylic oxidation sites excluding steroid dienone is 3. The molecule has 0 saturated carbocycles. The van der Waals surface area contributed by atoms with E-state index in [9.17, 15) is 4.79 Å². The van der Waals surface area contributed by atoms with Gasteiger partial charge in [0, 0.05) is 0 Å². The molecule has 0 fully saturated rings. The quantitative estimate of drug-likeness (QED) is 0.730. The van der Waals surface area contributed by atoms with E-state index in [-0.39, 0.29) is 0 Å². The molecule has 0 aliphatic rings. The Labute approximate surface area is 93.0 Å². The summed E-state index contributed by atoms with van der Waals surface area (Å²) < 4.78 is 4.58. The Morgan fingerprint density at radius 3 is 2.13 bits per heavy atom. The van der Waals surface area contributed by atoms with Crippen LogP contribution in [0.25, 0.3) is 0 Å². The third kappa shape index (κ3) is 24.5. The standard InChI is InChI=1S/C7H12.C5H11NO2/c1-3-5-7-6-4-2;1-5(2,3)8-4(6)7/h3,6-7H,1,4-5H2,2H3;1-3H3,(H2,6,7). The van der Waals surface area contributed by atoms with Crippen LogP contribution in [0.4, 0.5) is 4.79 Å². The highest BCUT2D eigenvalue weighted by atomic mass is 16.6. The lowest BCUT2D eigenvalue weighted by atomic mass is 10.2. The van der Waals surface area contributed by atoms with Gasteiger partial charge in [0.25, 0.3) is 0 Å². The van der Waals surface area contributed by atoms with Crippen LogP contribution < -0.4 is 5.73 Å². The van der Waals surface area contributed by atoms with Crippen LogP contribution in [0, 0.1) is 0 Å². The smallest absolute Gasteiger partial charge is 0.405 e. The Morgan fingerprint density at radius 1 is 1.40 bits per heavy atom. The van der Waals surface area contributed by atoms with Gasteiger partial charge in [-0.15, -0.1) is 6.58 Å². The van der Waals surface area contributed by atoms with Crippen LogP contribution in [0.15, 0.2) is 24.8 Å². The molecule has 88 valence electrons. The highest BCUT2D eigenvalue weighted by Gasteiger charge is 2.12. The predicted octanol–water partition coefficient (Wildman–Crippen LogP) is 3.41. The van der Waals surface area contributed by atoms with Crippen LogP contribution in [0.3, 0.4) is 0 Å². The number of carbonyl (C=O) groups is 1. The van der Waals surface area contributed by atoms with E-state index in [0.717, 1.165) is 12.8 Å². The van der Waals surface area contributed by atoms with Gasteiger partial charge in [0.05, 0.1) is 0 Å². The second kappa shape index (κ2) is 9.31. The zero-order valence-corrected chi connectivity index (χ0v) is 10.2. The van der Waals surface area contributed by atoms with E-state index >= 15 is 0 Å². The van der Waals surface area contributed by atoms with Crippen LogP contribution in [0.2, 0.25) is 0 Å². The molecule has 0 aliphatic carbocycles. The van der Waals surface area contributed by atoms with Crippen LogP contribution in [0.1, 0.15) is 40.5 Å². The number of rotatable bonds is 3. The summed E-state index contributed by atoms with van der Waals surface area (Å²) in [6, 6.07) is 0.